The molecule has 0 unspecified atom stereocenters. The highest BCUT2D eigenvalue weighted by Crippen LogP contribution is 2.25. The number of aromatic hydroxyl groups is 1. The van der Waals surface area contributed by atoms with Gasteiger partial charge in [0.05, 0.1) is 11.0 Å². The number of nitrogens with zero attached hydrogens (tertiary/aromatic N) is 2. The molecule has 0 fully saturated rings. The zero-order valence-electron chi connectivity index (χ0n) is 9.61. The van der Waals surface area contributed by atoms with Gasteiger partial charge in [0.15, 0.2) is 11.6 Å². The van der Waals surface area contributed by atoms with E-state index in [0.717, 1.165) is 12.3 Å². The molecule has 0 aliphatic carbocycles. The lowest BCUT2D eigenvalue weighted by Gasteiger charge is -2.05. The van der Waals surface area contributed by atoms with Crippen molar-refractivity contribution >= 4 is 17.4 Å². The van der Waals surface area contributed by atoms with Crippen LogP contribution in [0.5, 0.6) is 5.75 Å². The number of carbonyl (C=O) groups is 1. The Kier molecular flexibility index (Phi) is 3.37. The summed E-state index contributed by atoms with van der Waals surface area (Å²) in [6, 6.07) is 9.26. The van der Waals surface area contributed by atoms with Gasteiger partial charge >= 0.3 is 0 Å². The molecular weight excluding hydrogens is 250 g/mol. The second-order valence-corrected chi connectivity index (χ2v) is 3.64. The van der Waals surface area contributed by atoms with Crippen molar-refractivity contribution < 1.29 is 14.8 Å². The predicted molar refractivity (Wildman–Crippen MR) is 67.0 cm³/mol. The Morgan fingerprint density at radius 1 is 1.32 bits per heavy atom. The molecule has 0 spiro atoms. The number of rotatable bonds is 3. The lowest BCUT2D eigenvalue weighted by Crippen LogP contribution is -2.12. The third-order valence-electron chi connectivity index (χ3n) is 2.33. The first kappa shape index (κ1) is 12.5. The van der Waals surface area contributed by atoms with Crippen LogP contribution in [0, 0.1) is 10.1 Å². The van der Waals surface area contributed by atoms with Crippen molar-refractivity contribution in [3.63, 3.8) is 0 Å². The fraction of sp³-hybridized carbons (Fsp3) is 0. The van der Waals surface area contributed by atoms with Crippen LogP contribution in [-0.4, -0.2) is 20.9 Å². The largest absolute Gasteiger partial charge is 0.504 e. The molecule has 2 aromatic rings. The number of carbonyl (C=O) groups excluding carboxylic acids is 1. The summed E-state index contributed by atoms with van der Waals surface area (Å²) < 4.78 is 0. The number of anilines is 1. The Labute approximate surface area is 107 Å². The van der Waals surface area contributed by atoms with Crippen LogP contribution in [0.4, 0.5) is 11.5 Å². The third kappa shape index (κ3) is 2.83. The van der Waals surface area contributed by atoms with E-state index in [-0.39, 0.29) is 11.5 Å². The van der Waals surface area contributed by atoms with Crippen LogP contribution in [0.2, 0.25) is 0 Å². The van der Waals surface area contributed by atoms with Gasteiger partial charge in [-0.2, -0.15) is 0 Å². The molecular formula is C12H9N3O4. The van der Waals surface area contributed by atoms with E-state index in [1.165, 1.54) is 0 Å². The van der Waals surface area contributed by atoms with E-state index in [4.69, 9.17) is 0 Å². The van der Waals surface area contributed by atoms with E-state index in [1.54, 1.807) is 30.3 Å². The Balaban J connectivity index is 2.20. The molecule has 19 heavy (non-hydrogen) atoms. The molecule has 0 atom stereocenters. The number of amides is 1. The van der Waals surface area contributed by atoms with Crippen molar-refractivity contribution in [2.75, 3.05) is 5.32 Å². The molecule has 1 aromatic heterocycles. The molecule has 1 amide bonds. The summed E-state index contributed by atoms with van der Waals surface area (Å²) >= 11 is 0. The van der Waals surface area contributed by atoms with Gasteiger partial charge in [-0.25, -0.2) is 4.98 Å². The summed E-state index contributed by atoms with van der Waals surface area (Å²) in [5.41, 5.74) is 0.0391. The Hall–Kier alpha value is -2.96. The topological polar surface area (TPSA) is 105 Å². The second kappa shape index (κ2) is 5.13. The molecule has 0 aliphatic heterocycles. The quantitative estimate of drug-likeness (QED) is 0.647. The molecule has 0 aliphatic rings. The van der Waals surface area contributed by atoms with Crippen molar-refractivity contribution in [1.82, 2.24) is 4.98 Å². The number of hydrogen-bond acceptors (Lipinski definition) is 5. The fourth-order valence-corrected chi connectivity index (χ4v) is 1.41. The van der Waals surface area contributed by atoms with Crippen molar-refractivity contribution in [1.29, 1.82) is 0 Å². The Morgan fingerprint density at radius 3 is 2.58 bits per heavy atom. The smallest absolute Gasteiger partial charge is 0.291 e. The van der Waals surface area contributed by atoms with E-state index >= 15 is 0 Å². The van der Waals surface area contributed by atoms with Crippen LogP contribution in [-0.2, 0) is 0 Å². The number of hydrogen-bond donors (Lipinski definition) is 2. The highest BCUT2D eigenvalue weighted by molar-refractivity contribution is 6.04. The van der Waals surface area contributed by atoms with Gasteiger partial charge in [0.1, 0.15) is 6.20 Å². The maximum absolute atomic E-state index is 11.8. The van der Waals surface area contributed by atoms with Gasteiger partial charge in [0.2, 0.25) is 0 Å². The number of nitro groups is 1. The van der Waals surface area contributed by atoms with Crippen molar-refractivity contribution in [3.05, 3.63) is 58.3 Å². The molecule has 2 N–H and O–H groups in total. The summed E-state index contributed by atoms with van der Waals surface area (Å²) in [5.74, 6) is -1.05. The van der Waals surface area contributed by atoms with Crippen molar-refractivity contribution in [3.8, 4) is 5.75 Å². The average Bonchev–Trinajstić information content (AvgIpc) is 2.41. The molecule has 0 saturated heterocycles. The Bertz CT molecular complexity index is 628. The van der Waals surface area contributed by atoms with Crippen LogP contribution >= 0.6 is 0 Å². The second-order valence-electron chi connectivity index (χ2n) is 3.64. The molecule has 1 heterocycles. The van der Waals surface area contributed by atoms with Gasteiger partial charge in [-0.15, -0.1) is 0 Å². The van der Waals surface area contributed by atoms with Crippen molar-refractivity contribution in [2.24, 2.45) is 0 Å². The van der Waals surface area contributed by atoms with E-state index in [9.17, 15) is 20.0 Å². The minimum Gasteiger partial charge on any atom is -0.504 e. The first-order chi connectivity index (χ1) is 9.08. The van der Waals surface area contributed by atoms with Gasteiger partial charge in [-0.3, -0.25) is 14.9 Å². The van der Waals surface area contributed by atoms with Gasteiger partial charge < -0.3 is 10.4 Å². The van der Waals surface area contributed by atoms with Gasteiger partial charge in [-0.05, 0) is 12.1 Å². The molecule has 0 radical (unpaired) electrons. The number of aromatic nitrogens is 1. The zero-order valence-corrected chi connectivity index (χ0v) is 9.61. The van der Waals surface area contributed by atoms with Gasteiger partial charge in [0.25, 0.3) is 11.6 Å². The normalized spacial score (nSPS) is 9.89. The average molecular weight is 259 g/mol. The summed E-state index contributed by atoms with van der Waals surface area (Å²) in [6.45, 7) is 0. The van der Waals surface area contributed by atoms with Crippen LogP contribution in [0.25, 0.3) is 0 Å². The summed E-state index contributed by atoms with van der Waals surface area (Å²) in [6.07, 6.45) is 0.959. The number of benzene rings is 1. The van der Waals surface area contributed by atoms with Gasteiger partial charge in [0, 0.05) is 5.56 Å². The molecule has 96 valence electrons. The van der Waals surface area contributed by atoms with Crippen LogP contribution in [0.3, 0.4) is 0 Å². The maximum atomic E-state index is 11.8. The Morgan fingerprint density at radius 2 is 2.00 bits per heavy atom. The summed E-state index contributed by atoms with van der Waals surface area (Å²) in [4.78, 5) is 25.2. The van der Waals surface area contributed by atoms with Crippen LogP contribution in [0.15, 0.2) is 42.6 Å². The first-order valence-corrected chi connectivity index (χ1v) is 5.28. The lowest BCUT2D eigenvalue weighted by molar-refractivity contribution is -0.385. The van der Waals surface area contributed by atoms with E-state index in [1.807, 2.05) is 0 Å². The summed E-state index contributed by atoms with van der Waals surface area (Å²) in [5, 5.41) is 22.4. The standard InChI is InChI=1S/C12H9N3O4/c16-10-6-9(15(18)19)7-13-11(10)14-12(17)8-4-2-1-3-5-8/h1-7,16H,(H,13,14,17). The van der Waals surface area contributed by atoms with Crippen LogP contribution < -0.4 is 5.32 Å². The predicted octanol–water partition coefficient (Wildman–Crippen LogP) is 1.95. The number of pyridine rings is 1. The molecule has 7 nitrogen and oxygen atoms in total. The van der Waals surface area contributed by atoms with Crippen molar-refractivity contribution in [2.45, 2.75) is 0 Å². The van der Waals surface area contributed by atoms with Crippen LogP contribution in [0.1, 0.15) is 10.4 Å². The monoisotopic (exact) mass is 259 g/mol. The minimum absolute atomic E-state index is 0.126. The zero-order chi connectivity index (χ0) is 13.8. The summed E-state index contributed by atoms with van der Waals surface area (Å²) in [7, 11) is 0. The van der Waals surface area contributed by atoms with E-state index in [2.05, 4.69) is 10.3 Å². The highest BCUT2D eigenvalue weighted by atomic mass is 16.6. The molecule has 2 rings (SSSR count). The highest BCUT2D eigenvalue weighted by Gasteiger charge is 2.14. The molecule has 7 heteroatoms. The van der Waals surface area contributed by atoms with Gasteiger partial charge in [-0.1, -0.05) is 18.2 Å². The molecule has 0 saturated carbocycles. The molecule has 1 aromatic carbocycles. The fourth-order valence-electron chi connectivity index (χ4n) is 1.41. The SMILES string of the molecule is O=C(Nc1ncc([N+](=O)[O-])cc1O)c1ccccc1. The third-order valence-corrected chi connectivity index (χ3v) is 2.33. The lowest BCUT2D eigenvalue weighted by atomic mass is 10.2. The number of nitrogens with one attached hydrogen (secondary N) is 1. The maximum Gasteiger partial charge on any atom is 0.291 e. The van der Waals surface area contributed by atoms with E-state index in [0.29, 0.717) is 5.56 Å². The molecule has 0 bridgehead atoms. The first-order valence-electron chi connectivity index (χ1n) is 5.28. The van der Waals surface area contributed by atoms with E-state index < -0.39 is 16.6 Å². The minimum atomic E-state index is -0.685.